The summed E-state index contributed by atoms with van der Waals surface area (Å²) in [5, 5.41) is 8.99. The molecule has 2 rings (SSSR count). The second-order valence-corrected chi connectivity index (χ2v) is 4.02. The van der Waals surface area contributed by atoms with E-state index in [9.17, 15) is 0 Å². The zero-order chi connectivity index (χ0) is 10.7. The van der Waals surface area contributed by atoms with E-state index < -0.39 is 0 Å². The summed E-state index contributed by atoms with van der Waals surface area (Å²) in [6.07, 6.45) is 5.05. The molecule has 0 aromatic heterocycles. The van der Waals surface area contributed by atoms with Crippen molar-refractivity contribution >= 4 is 0 Å². The van der Waals surface area contributed by atoms with Crippen molar-refractivity contribution in [3.63, 3.8) is 0 Å². The largest absolute Gasteiger partial charge is 0.495 e. The van der Waals surface area contributed by atoms with Gasteiger partial charge >= 0.3 is 0 Å². The third-order valence-corrected chi connectivity index (χ3v) is 3.17. The minimum Gasteiger partial charge on any atom is -0.495 e. The smallest absolute Gasteiger partial charge is 0.140 e. The standard InChI is InChI=1S/C13H15NO/c1-15-13-11(9-14)7-4-8-12(13)10-5-2-3-6-10/h4,7-8,10H,2-3,5-6H2,1H3. The van der Waals surface area contributed by atoms with Crippen LogP contribution in [-0.4, -0.2) is 7.11 Å². The maximum Gasteiger partial charge on any atom is 0.140 e. The Morgan fingerprint density at radius 2 is 2.07 bits per heavy atom. The molecule has 0 bridgehead atoms. The van der Waals surface area contributed by atoms with Gasteiger partial charge in [0.2, 0.25) is 0 Å². The normalized spacial score (nSPS) is 16.3. The van der Waals surface area contributed by atoms with E-state index in [0.29, 0.717) is 11.5 Å². The Hall–Kier alpha value is -1.49. The highest BCUT2D eigenvalue weighted by atomic mass is 16.5. The molecular weight excluding hydrogens is 186 g/mol. The van der Waals surface area contributed by atoms with Gasteiger partial charge in [0.05, 0.1) is 12.7 Å². The predicted octanol–water partition coefficient (Wildman–Crippen LogP) is 3.22. The van der Waals surface area contributed by atoms with Crippen LogP contribution in [0.2, 0.25) is 0 Å². The molecule has 0 saturated heterocycles. The first-order chi connectivity index (χ1) is 7.36. The fourth-order valence-electron chi connectivity index (χ4n) is 2.43. The number of para-hydroxylation sites is 1. The molecule has 15 heavy (non-hydrogen) atoms. The number of hydrogen-bond donors (Lipinski definition) is 0. The van der Waals surface area contributed by atoms with E-state index in [1.807, 2.05) is 12.1 Å². The molecule has 0 N–H and O–H groups in total. The molecule has 0 atom stereocenters. The third kappa shape index (κ3) is 1.83. The van der Waals surface area contributed by atoms with Crippen LogP contribution in [0, 0.1) is 11.3 Å². The fourth-order valence-corrected chi connectivity index (χ4v) is 2.43. The molecule has 0 heterocycles. The molecule has 0 aliphatic heterocycles. The van der Waals surface area contributed by atoms with Crippen LogP contribution in [0.15, 0.2) is 18.2 Å². The topological polar surface area (TPSA) is 33.0 Å². The molecule has 1 aromatic rings. The van der Waals surface area contributed by atoms with Crippen LogP contribution in [0.1, 0.15) is 42.7 Å². The highest BCUT2D eigenvalue weighted by Crippen LogP contribution is 2.39. The lowest BCUT2D eigenvalue weighted by molar-refractivity contribution is 0.404. The Bertz CT molecular complexity index is 386. The van der Waals surface area contributed by atoms with Gasteiger partial charge in [-0.1, -0.05) is 25.0 Å². The Kier molecular flexibility index (Phi) is 2.91. The molecule has 0 amide bonds. The number of nitriles is 1. The van der Waals surface area contributed by atoms with Crippen molar-refractivity contribution in [2.45, 2.75) is 31.6 Å². The van der Waals surface area contributed by atoms with E-state index >= 15 is 0 Å². The van der Waals surface area contributed by atoms with Gasteiger partial charge in [-0.3, -0.25) is 0 Å². The van der Waals surface area contributed by atoms with Gasteiger partial charge in [0, 0.05) is 0 Å². The monoisotopic (exact) mass is 201 g/mol. The molecule has 1 aliphatic rings. The molecule has 2 nitrogen and oxygen atoms in total. The van der Waals surface area contributed by atoms with E-state index in [0.717, 1.165) is 5.75 Å². The summed E-state index contributed by atoms with van der Waals surface area (Å²) < 4.78 is 5.36. The Balaban J connectivity index is 2.41. The second kappa shape index (κ2) is 4.35. The predicted molar refractivity (Wildman–Crippen MR) is 58.9 cm³/mol. The molecule has 0 unspecified atom stereocenters. The van der Waals surface area contributed by atoms with E-state index in [4.69, 9.17) is 10.00 Å². The minimum atomic E-state index is 0.591. The van der Waals surface area contributed by atoms with Crippen LogP contribution in [0.4, 0.5) is 0 Å². The van der Waals surface area contributed by atoms with Crippen LogP contribution in [0.3, 0.4) is 0 Å². The second-order valence-electron chi connectivity index (χ2n) is 4.02. The maximum atomic E-state index is 8.99. The van der Waals surface area contributed by atoms with Crippen molar-refractivity contribution in [2.24, 2.45) is 0 Å². The van der Waals surface area contributed by atoms with E-state index in [-0.39, 0.29) is 0 Å². The molecule has 1 saturated carbocycles. The van der Waals surface area contributed by atoms with Crippen LogP contribution in [0.5, 0.6) is 5.75 Å². The van der Waals surface area contributed by atoms with Gasteiger partial charge in [-0.25, -0.2) is 0 Å². The highest BCUT2D eigenvalue weighted by molar-refractivity contribution is 5.50. The van der Waals surface area contributed by atoms with Gasteiger partial charge in [-0.2, -0.15) is 5.26 Å². The number of benzene rings is 1. The number of hydrogen-bond acceptors (Lipinski definition) is 2. The van der Waals surface area contributed by atoms with Crippen molar-refractivity contribution in [3.05, 3.63) is 29.3 Å². The Labute approximate surface area is 90.5 Å². The van der Waals surface area contributed by atoms with Crippen molar-refractivity contribution < 1.29 is 4.74 Å². The molecule has 2 heteroatoms. The lowest BCUT2D eigenvalue weighted by Crippen LogP contribution is -1.99. The summed E-state index contributed by atoms with van der Waals surface area (Å²) in [6, 6.07) is 8.05. The molecule has 78 valence electrons. The summed E-state index contributed by atoms with van der Waals surface area (Å²) in [4.78, 5) is 0. The van der Waals surface area contributed by atoms with Crippen LogP contribution < -0.4 is 4.74 Å². The summed E-state index contributed by atoms with van der Waals surface area (Å²) >= 11 is 0. The molecular formula is C13H15NO. The average molecular weight is 201 g/mol. The number of nitrogens with zero attached hydrogens (tertiary/aromatic N) is 1. The lowest BCUT2D eigenvalue weighted by Gasteiger charge is -2.14. The first-order valence-corrected chi connectivity index (χ1v) is 5.44. The quantitative estimate of drug-likeness (QED) is 0.736. The number of rotatable bonds is 2. The average Bonchev–Trinajstić information content (AvgIpc) is 2.81. The first kappa shape index (κ1) is 10.0. The molecule has 1 fully saturated rings. The maximum absolute atomic E-state index is 8.99. The summed E-state index contributed by atoms with van der Waals surface area (Å²) in [7, 11) is 1.65. The van der Waals surface area contributed by atoms with Crippen LogP contribution >= 0.6 is 0 Å². The van der Waals surface area contributed by atoms with Crippen molar-refractivity contribution in [1.29, 1.82) is 5.26 Å². The zero-order valence-electron chi connectivity index (χ0n) is 8.99. The summed E-state index contributed by atoms with van der Waals surface area (Å²) in [6.45, 7) is 0. The van der Waals surface area contributed by atoms with Gasteiger partial charge in [-0.05, 0) is 30.4 Å². The van der Waals surface area contributed by atoms with Gasteiger partial charge in [0.25, 0.3) is 0 Å². The Morgan fingerprint density at radius 1 is 1.33 bits per heavy atom. The lowest BCUT2D eigenvalue weighted by atomic mass is 9.95. The van der Waals surface area contributed by atoms with Gasteiger partial charge in [-0.15, -0.1) is 0 Å². The van der Waals surface area contributed by atoms with Gasteiger partial charge in [0.15, 0.2) is 0 Å². The minimum absolute atomic E-state index is 0.591. The molecule has 1 aliphatic carbocycles. The summed E-state index contributed by atoms with van der Waals surface area (Å²) in [5.74, 6) is 1.38. The first-order valence-electron chi connectivity index (χ1n) is 5.44. The molecule has 1 aromatic carbocycles. The number of ether oxygens (including phenoxy) is 1. The Morgan fingerprint density at radius 3 is 2.67 bits per heavy atom. The summed E-state index contributed by atoms with van der Waals surface area (Å²) in [5.41, 5.74) is 1.87. The van der Waals surface area contributed by atoms with Gasteiger partial charge in [0.1, 0.15) is 11.8 Å². The number of methoxy groups -OCH3 is 1. The van der Waals surface area contributed by atoms with Crippen LogP contribution in [0.25, 0.3) is 0 Å². The van der Waals surface area contributed by atoms with Gasteiger partial charge < -0.3 is 4.74 Å². The van der Waals surface area contributed by atoms with E-state index in [2.05, 4.69) is 12.1 Å². The van der Waals surface area contributed by atoms with Crippen molar-refractivity contribution in [1.82, 2.24) is 0 Å². The molecule has 0 radical (unpaired) electrons. The zero-order valence-corrected chi connectivity index (χ0v) is 8.99. The van der Waals surface area contributed by atoms with Crippen molar-refractivity contribution in [3.8, 4) is 11.8 Å². The fraction of sp³-hybridized carbons (Fsp3) is 0.462. The van der Waals surface area contributed by atoms with Crippen LogP contribution in [-0.2, 0) is 0 Å². The SMILES string of the molecule is COc1c(C#N)cccc1C1CCCC1. The molecule has 0 spiro atoms. The van der Waals surface area contributed by atoms with E-state index in [1.54, 1.807) is 7.11 Å². The highest BCUT2D eigenvalue weighted by Gasteiger charge is 2.21. The third-order valence-electron chi connectivity index (χ3n) is 3.17. The van der Waals surface area contributed by atoms with Crippen molar-refractivity contribution in [2.75, 3.05) is 7.11 Å². The van der Waals surface area contributed by atoms with E-state index in [1.165, 1.54) is 31.2 Å².